The van der Waals surface area contributed by atoms with Gasteiger partial charge in [0.25, 0.3) is 5.91 Å². The zero-order valence-electron chi connectivity index (χ0n) is 25.8. The summed E-state index contributed by atoms with van der Waals surface area (Å²) in [5.74, 6) is -6.28. The van der Waals surface area contributed by atoms with Gasteiger partial charge in [-0.05, 0) is 30.8 Å². The number of carbonyl (C=O) groups excluding carboxylic acids is 5. The van der Waals surface area contributed by atoms with Crippen LogP contribution in [0.1, 0.15) is 44.0 Å². The first-order chi connectivity index (χ1) is 22.3. The molecule has 0 N–H and O–H groups in total. The number of esters is 3. The lowest BCUT2D eigenvalue weighted by molar-refractivity contribution is -0.135. The maximum absolute atomic E-state index is 15.4. The molecule has 4 rings (SSSR count). The Morgan fingerprint density at radius 2 is 1.51 bits per heavy atom. The monoisotopic (exact) mass is 679 g/mol. The maximum atomic E-state index is 15.4. The highest BCUT2D eigenvalue weighted by molar-refractivity contribution is 7.80. The summed E-state index contributed by atoms with van der Waals surface area (Å²) in [4.78, 5) is 69.1. The molecule has 1 atom stereocenters. The highest BCUT2D eigenvalue weighted by Gasteiger charge is 2.34. The average Bonchev–Trinajstić information content (AvgIpc) is 3.20. The van der Waals surface area contributed by atoms with Gasteiger partial charge in [0.2, 0.25) is 5.75 Å². The lowest BCUT2D eigenvalue weighted by Crippen LogP contribution is -2.35. The Morgan fingerprint density at radius 3 is 2.06 bits per heavy atom. The third kappa shape index (κ3) is 8.68. The summed E-state index contributed by atoms with van der Waals surface area (Å²) in [5, 5.41) is 1.27. The number of methoxy groups -OCH3 is 1. The minimum Gasteiger partial charge on any atom is -0.490 e. The minimum atomic E-state index is -0.949. The highest BCUT2D eigenvalue weighted by atomic mass is 32.1. The molecule has 2 aromatic carbocycles. The lowest BCUT2D eigenvalue weighted by atomic mass is 10.1. The predicted molar refractivity (Wildman–Crippen MR) is 162 cm³/mol. The molecule has 2 aromatic rings. The molecule has 2 saturated heterocycles. The number of amides is 2. The zero-order valence-corrected chi connectivity index (χ0v) is 26.6. The van der Waals surface area contributed by atoms with Crippen molar-refractivity contribution in [3.63, 3.8) is 0 Å². The number of anilines is 2. The number of hydrogen-bond acceptors (Lipinski definition) is 13. The number of hydrogen-bond donors (Lipinski definition) is 0. The Balaban J connectivity index is 1.52. The zero-order chi connectivity index (χ0) is 34.4. The van der Waals surface area contributed by atoms with E-state index < -0.39 is 53.4 Å². The van der Waals surface area contributed by atoms with Crippen molar-refractivity contribution in [2.75, 3.05) is 49.7 Å². The van der Waals surface area contributed by atoms with Crippen molar-refractivity contribution in [3.05, 3.63) is 41.5 Å². The number of halogens is 2. The number of ether oxygens (including phenoxy) is 5. The molecule has 0 radical (unpaired) electrons. The van der Waals surface area contributed by atoms with Gasteiger partial charge in [0.05, 0.1) is 32.5 Å². The minimum absolute atomic E-state index is 0.0208. The molecule has 2 aliphatic heterocycles. The van der Waals surface area contributed by atoms with Crippen molar-refractivity contribution in [2.45, 2.75) is 39.7 Å². The molecule has 2 amide bonds. The number of carbonyl (C=O) groups is 5. The number of nitrogens with zero attached hydrogens (tertiary/aromatic N) is 3. The average molecular weight is 680 g/mol. The van der Waals surface area contributed by atoms with Gasteiger partial charge in [-0.2, -0.15) is 0 Å². The van der Waals surface area contributed by atoms with Crippen LogP contribution in [0, 0.1) is 11.6 Å². The van der Waals surface area contributed by atoms with E-state index in [9.17, 15) is 24.0 Å². The first-order valence-electron chi connectivity index (χ1n) is 14.2. The van der Waals surface area contributed by atoms with Gasteiger partial charge in [0.15, 0.2) is 28.2 Å². The van der Waals surface area contributed by atoms with Crippen LogP contribution >= 0.6 is 12.2 Å². The molecule has 2 heterocycles. The fourth-order valence-electron chi connectivity index (χ4n) is 4.86. The van der Waals surface area contributed by atoms with Gasteiger partial charge in [-0.15, -0.1) is 0 Å². The van der Waals surface area contributed by atoms with Crippen LogP contribution in [-0.4, -0.2) is 86.0 Å². The van der Waals surface area contributed by atoms with Crippen LogP contribution in [0.25, 0.3) is 0 Å². The highest BCUT2D eigenvalue weighted by Crippen LogP contribution is 2.40. The number of cyclic esters (lactones) is 1. The van der Waals surface area contributed by atoms with Gasteiger partial charge >= 0.3 is 24.0 Å². The number of rotatable bonds is 9. The molecule has 0 bridgehead atoms. The molecule has 0 aliphatic carbocycles. The molecule has 2 fully saturated rings. The van der Waals surface area contributed by atoms with Crippen LogP contribution in [0.5, 0.6) is 17.2 Å². The summed E-state index contributed by atoms with van der Waals surface area (Å²) in [6.45, 7) is 2.83. The molecular formula is C30H31F2N3O11S. The molecular weight excluding hydrogens is 648 g/mol. The summed E-state index contributed by atoms with van der Waals surface area (Å²) < 4.78 is 56.4. The van der Waals surface area contributed by atoms with Gasteiger partial charge in [0.1, 0.15) is 11.8 Å². The standard InChI is InChI=1S/C30H31F2N3O11S/c1-16(36)43-24-11-19(12-25(44-17(2)37)28(24)45-18(3)38)29(39)35-8-7-33(9-10-42-35)27-22(31)13-20(14-23(27)32)34-15-21(46-30(34)40)5-6-26(47)41-4/h11-14,21H,5-10,15H2,1-4H3/t21-/m0/s1. The lowest BCUT2D eigenvalue weighted by Gasteiger charge is -2.24. The number of thiocarbonyl (C=S) groups is 1. The quantitative estimate of drug-likeness (QED) is 0.215. The summed E-state index contributed by atoms with van der Waals surface area (Å²) in [6.07, 6.45) is -0.540. The second-order valence-corrected chi connectivity index (χ2v) is 10.8. The molecule has 252 valence electrons. The molecule has 47 heavy (non-hydrogen) atoms. The Bertz CT molecular complexity index is 1540. The van der Waals surface area contributed by atoms with Gasteiger partial charge in [0, 0.05) is 58.0 Å². The summed E-state index contributed by atoms with van der Waals surface area (Å²) in [5.41, 5.74) is -0.595. The van der Waals surface area contributed by atoms with Crippen LogP contribution in [0.2, 0.25) is 0 Å². The third-order valence-corrected chi connectivity index (χ3v) is 7.20. The second kappa shape index (κ2) is 15.1. The van der Waals surface area contributed by atoms with Crippen molar-refractivity contribution in [2.24, 2.45) is 0 Å². The van der Waals surface area contributed by atoms with Crippen LogP contribution in [0.4, 0.5) is 25.0 Å². The Labute approximate surface area is 272 Å². The molecule has 2 aliphatic rings. The van der Waals surface area contributed by atoms with Crippen LogP contribution in [0.15, 0.2) is 24.3 Å². The van der Waals surface area contributed by atoms with E-state index in [2.05, 4.69) is 0 Å². The van der Waals surface area contributed by atoms with E-state index in [-0.39, 0.29) is 61.2 Å². The van der Waals surface area contributed by atoms with Crippen molar-refractivity contribution in [3.8, 4) is 17.2 Å². The first-order valence-corrected chi connectivity index (χ1v) is 14.6. The SMILES string of the molecule is COC(=S)CC[C@H]1CN(c2cc(F)c(N3CCON(C(=O)c4cc(OC(C)=O)c(OC(C)=O)c(OC(C)=O)c4)CC3)c(F)c2)C(=O)O1. The van der Waals surface area contributed by atoms with Gasteiger partial charge in [-0.25, -0.2) is 18.6 Å². The van der Waals surface area contributed by atoms with E-state index in [1.165, 1.54) is 12.0 Å². The Hall–Kier alpha value is -4.90. The second-order valence-electron chi connectivity index (χ2n) is 10.3. The Morgan fingerprint density at radius 1 is 0.915 bits per heavy atom. The topological polar surface area (TPSA) is 150 Å². The van der Waals surface area contributed by atoms with Crippen LogP contribution < -0.4 is 24.0 Å². The number of benzene rings is 2. The maximum Gasteiger partial charge on any atom is 0.414 e. The van der Waals surface area contributed by atoms with Crippen molar-refractivity contribution in [1.29, 1.82) is 0 Å². The molecule has 0 aromatic heterocycles. The first kappa shape index (κ1) is 35.0. The molecule has 14 nitrogen and oxygen atoms in total. The van der Waals surface area contributed by atoms with Crippen molar-refractivity contribution >= 4 is 58.6 Å². The van der Waals surface area contributed by atoms with E-state index in [1.54, 1.807) is 0 Å². The van der Waals surface area contributed by atoms with E-state index in [1.807, 2.05) is 0 Å². The summed E-state index contributed by atoms with van der Waals surface area (Å²) >= 11 is 5.01. The van der Waals surface area contributed by atoms with Crippen molar-refractivity contribution in [1.82, 2.24) is 5.06 Å². The molecule has 0 spiro atoms. The smallest absolute Gasteiger partial charge is 0.414 e. The fourth-order valence-corrected chi connectivity index (χ4v) is 4.97. The van der Waals surface area contributed by atoms with Gasteiger partial charge in [-0.1, -0.05) is 0 Å². The van der Waals surface area contributed by atoms with Gasteiger partial charge < -0.3 is 28.6 Å². The largest absolute Gasteiger partial charge is 0.490 e. The summed E-state index contributed by atoms with van der Waals surface area (Å²) in [7, 11) is 1.44. The van der Waals surface area contributed by atoms with Gasteiger partial charge in [-0.3, -0.25) is 28.9 Å². The van der Waals surface area contributed by atoms with Crippen LogP contribution in [-0.2, 0) is 28.7 Å². The molecule has 0 saturated carbocycles. The summed E-state index contributed by atoms with van der Waals surface area (Å²) in [6, 6.07) is 4.24. The normalized spacial score (nSPS) is 16.3. The van der Waals surface area contributed by atoms with Crippen LogP contribution in [0.3, 0.4) is 0 Å². The van der Waals surface area contributed by atoms with Crippen molar-refractivity contribution < 1.29 is 61.3 Å². The van der Waals surface area contributed by atoms with E-state index in [4.69, 9.17) is 40.7 Å². The Kier molecular flexibility index (Phi) is 11.3. The predicted octanol–water partition coefficient (Wildman–Crippen LogP) is 3.71. The van der Waals surface area contributed by atoms with E-state index >= 15 is 8.78 Å². The molecule has 17 heteroatoms. The number of hydroxylamine groups is 2. The molecule has 0 unspecified atom stereocenters. The van der Waals surface area contributed by atoms with E-state index in [0.717, 1.165) is 55.0 Å². The third-order valence-electron chi connectivity index (χ3n) is 6.83. The van der Waals surface area contributed by atoms with E-state index in [0.29, 0.717) is 17.9 Å². The fraction of sp³-hybridized carbons (Fsp3) is 0.400.